The van der Waals surface area contributed by atoms with E-state index in [2.05, 4.69) is 16.0 Å². The Morgan fingerprint density at radius 2 is 1.78 bits per heavy atom. The van der Waals surface area contributed by atoms with Crippen LogP contribution in [-0.2, 0) is 4.74 Å². The third kappa shape index (κ3) is 6.02. The van der Waals surface area contributed by atoms with Crippen LogP contribution in [0.4, 0.5) is 31.9 Å². The molecule has 0 saturated carbocycles. The van der Waals surface area contributed by atoms with Crippen LogP contribution in [0.25, 0.3) is 0 Å². The predicted molar refractivity (Wildman–Crippen MR) is 141 cm³/mol. The van der Waals surface area contributed by atoms with E-state index in [1.807, 2.05) is 0 Å². The van der Waals surface area contributed by atoms with E-state index in [4.69, 9.17) is 17.0 Å². The van der Waals surface area contributed by atoms with Crippen molar-refractivity contribution in [3.63, 3.8) is 0 Å². The third-order valence-electron chi connectivity index (χ3n) is 5.39. The van der Waals surface area contributed by atoms with Crippen molar-refractivity contribution in [2.75, 3.05) is 28.6 Å². The lowest BCUT2D eigenvalue weighted by Gasteiger charge is -2.15. The minimum absolute atomic E-state index is 0.0909. The van der Waals surface area contributed by atoms with Crippen molar-refractivity contribution in [1.82, 2.24) is 5.32 Å². The number of hydrogen-bond donors (Lipinski definition) is 3. The Morgan fingerprint density at radius 1 is 1.06 bits per heavy atom. The van der Waals surface area contributed by atoms with E-state index in [0.717, 1.165) is 0 Å². The van der Waals surface area contributed by atoms with E-state index < -0.39 is 29.4 Å². The molecule has 0 unspecified atom stereocenters. The first-order chi connectivity index (χ1) is 17.3. The first kappa shape index (κ1) is 24.8. The molecule has 2 amide bonds. The largest absolute Gasteiger partial charge is 0.442 e. The van der Waals surface area contributed by atoms with E-state index in [1.54, 1.807) is 49.4 Å². The van der Waals surface area contributed by atoms with Gasteiger partial charge in [0, 0.05) is 11.3 Å². The van der Waals surface area contributed by atoms with E-state index in [-0.39, 0.29) is 17.9 Å². The van der Waals surface area contributed by atoms with Crippen molar-refractivity contribution in [3.05, 3.63) is 94.4 Å². The number of amides is 2. The summed E-state index contributed by atoms with van der Waals surface area (Å²) in [7, 11) is 0. The van der Waals surface area contributed by atoms with Gasteiger partial charge < -0.3 is 20.7 Å². The minimum atomic E-state index is -0.594. The third-order valence-corrected chi connectivity index (χ3v) is 5.53. The summed E-state index contributed by atoms with van der Waals surface area (Å²) < 4.78 is 20.2. The Balaban J connectivity index is 1.45. The lowest BCUT2D eigenvalue weighted by atomic mass is 10.2. The van der Waals surface area contributed by atoms with Gasteiger partial charge in [0.1, 0.15) is 11.9 Å². The zero-order valence-corrected chi connectivity index (χ0v) is 20.1. The molecule has 1 saturated heterocycles. The molecule has 184 valence electrons. The van der Waals surface area contributed by atoms with Gasteiger partial charge >= 0.3 is 6.09 Å². The highest BCUT2D eigenvalue weighted by Crippen LogP contribution is 2.27. The zero-order chi connectivity index (χ0) is 25.7. The van der Waals surface area contributed by atoms with Gasteiger partial charge in [0.15, 0.2) is 0 Å². The Kier molecular flexibility index (Phi) is 7.55. The maximum Gasteiger partial charge on any atom is 0.414 e. The van der Waals surface area contributed by atoms with Crippen molar-refractivity contribution in [1.29, 1.82) is 0 Å². The first-order valence-electron chi connectivity index (χ1n) is 11.1. The highest BCUT2D eigenvalue weighted by atomic mass is 32.1. The zero-order valence-electron chi connectivity index (χ0n) is 19.3. The summed E-state index contributed by atoms with van der Waals surface area (Å²) in [5, 5.41) is 8.47. The Morgan fingerprint density at radius 3 is 2.50 bits per heavy atom. The number of hydrogen-bond acceptors (Lipinski definition) is 6. The van der Waals surface area contributed by atoms with Crippen molar-refractivity contribution in [2.24, 2.45) is 0 Å². The molecule has 0 radical (unpaired) electrons. The standard InChI is InChI=1S/C26H23FN4O4S/c1-16(36)28-14-20-15-31(26(34)35-20)19-9-11-22(21(27)13-19)29-18-7-10-23(24(32)12-8-18)30-25(33)17-5-3-2-4-6-17/h2-13,20,29H,14-15H2,1H3,(H,28,36)(H,30,32,33)/t20-/m0/s1. The number of anilines is 4. The Hall–Kier alpha value is -4.31. The summed E-state index contributed by atoms with van der Waals surface area (Å²) in [6, 6.07) is 18.6. The highest BCUT2D eigenvalue weighted by Gasteiger charge is 2.32. The predicted octanol–water partition coefficient (Wildman–Crippen LogP) is 4.44. The van der Waals surface area contributed by atoms with Gasteiger partial charge in [-0.15, -0.1) is 0 Å². The van der Waals surface area contributed by atoms with Gasteiger partial charge in [-0.3, -0.25) is 14.5 Å². The molecule has 1 atom stereocenters. The van der Waals surface area contributed by atoms with Gasteiger partial charge in [-0.05, 0) is 61.5 Å². The van der Waals surface area contributed by atoms with Gasteiger partial charge in [0.25, 0.3) is 5.91 Å². The van der Waals surface area contributed by atoms with Crippen LogP contribution in [0.3, 0.4) is 0 Å². The number of rotatable bonds is 7. The van der Waals surface area contributed by atoms with Crippen LogP contribution >= 0.6 is 12.2 Å². The minimum Gasteiger partial charge on any atom is -0.442 e. The average molecular weight is 507 g/mol. The molecular weight excluding hydrogens is 483 g/mol. The van der Waals surface area contributed by atoms with Gasteiger partial charge in [-0.2, -0.15) is 0 Å². The van der Waals surface area contributed by atoms with Crippen molar-refractivity contribution in [3.8, 4) is 0 Å². The molecular formula is C26H23FN4O4S. The molecule has 0 spiro atoms. The number of thiocarbonyl (C=S) groups is 1. The second kappa shape index (κ2) is 11.0. The van der Waals surface area contributed by atoms with Crippen LogP contribution in [0, 0.1) is 5.82 Å². The number of nitrogens with zero attached hydrogens (tertiary/aromatic N) is 1. The van der Waals surface area contributed by atoms with E-state index in [1.165, 1.54) is 35.2 Å². The molecule has 3 N–H and O–H groups in total. The van der Waals surface area contributed by atoms with Crippen LogP contribution in [0.15, 0.2) is 77.6 Å². The molecule has 3 aromatic rings. The van der Waals surface area contributed by atoms with Gasteiger partial charge in [-0.1, -0.05) is 30.4 Å². The number of carbonyl (C=O) groups is 2. The monoisotopic (exact) mass is 506 g/mol. The fourth-order valence-corrected chi connectivity index (χ4v) is 3.65. The number of halogens is 1. The number of carbonyl (C=O) groups excluding carboxylic acids is 2. The molecule has 1 heterocycles. The topological polar surface area (TPSA) is 99.8 Å². The van der Waals surface area contributed by atoms with Gasteiger partial charge in [-0.25, -0.2) is 9.18 Å². The molecule has 36 heavy (non-hydrogen) atoms. The average Bonchev–Trinajstić information content (AvgIpc) is 3.16. The summed E-state index contributed by atoms with van der Waals surface area (Å²) >= 11 is 4.97. The Labute approximate surface area is 212 Å². The van der Waals surface area contributed by atoms with E-state index >= 15 is 0 Å². The van der Waals surface area contributed by atoms with Crippen LogP contribution in [0.1, 0.15) is 17.3 Å². The molecule has 4 rings (SSSR count). The normalized spacial score (nSPS) is 14.7. The molecule has 10 heteroatoms. The fraction of sp³-hybridized carbons (Fsp3) is 0.154. The summed E-state index contributed by atoms with van der Waals surface area (Å²) in [5.41, 5.74) is 1.05. The lowest BCUT2D eigenvalue weighted by Crippen LogP contribution is -2.32. The van der Waals surface area contributed by atoms with Crippen molar-refractivity contribution < 1.29 is 18.7 Å². The highest BCUT2D eigenvalue weighted by molar-refractivity contribution is 7.80. The molecule has 0 bridgehead atoms. The van der Waals surface area contributed by atoms with E-state index in [9.17, 15) is 18.8 Å². The lowest BCUT2D eigenvalue weighted by molar-refractivity contribution is 0.102. The van der Waals surface area contributed by atoms with Gasteiger partial charge in [0.2, 0.25) is 5.43 Å². The van der Waals surface area contributed by atoms with Crippen molar-refractivity contribution >= 4 is 52.0 Å². The first-order valence-corrected chi connectivity index (χ1v) is 11.5. The number of ether oxygens (including phenoxy) is 1. The molecule has 8 nitrogen and oxygen atoms in total. The number of nitrogens with one attached hydrogen (secondary N) is 3. The second-order valence-electron chi connectivity index (χ2n) is 8.06. The van der Waals surface area contributed by atoms with Crippen LogP contribution < -0.4 is 26.3 Å². The van der Waals surface area contributed by atoms with E-state index in [0.29, 0.717) is 28.5 Å². The summed E-state index contributed by atoms with van der Waals surface area (Å²) in [5.74, 6) is -1.01. The quantitative estimate of drug-likeness (QED) is 0.407. The molecule has 0 aliphatic carbocycles. The van der Waals surface area contributed by atoms with Crippen LogP contribution in [0.2, 0.25) is 0 Å². The maximum atomic E-state index is 14.9. The molecule has 0 aromatic heterocycles. The summed E-state index contributed by atoms with van der Waals surface area (Å²) in [6.45, 7) is 2.37. The fourth-order valence-electron chi connectivity index (χ4n) is 3.56. The van der Waals surface area contributed by atoms with Crippen LogP contribution in [-0.4, -0.2) is 36.2 Å². The molecule has 1 aliphatic rings. The molecule has 1 fully saturated rings. The Bertz CT molecular complexity index is 1370. The van der Waals surface area contributed by atoms with Crippen LogP contribution in [0.5, 0.6) is 0 Å². The second-order valence-corrected chi connectivity index (χ2v) is 8.68. The smallest absolute Gasteiger partial charge is 0.414 e. The SMILES string of the molecule is CC(=S)NC[C@H]1CN(c2ccc(Nc3ccc(NC(=O)c4ccccc4)c(=O)cc3)c(F)c2)C(=O)O1. The van der Waals surface area contributed by atoms with Crippen molar-refractivity contribution in [2.45, 2.75) is 13.0 Å². The summed E-state index contributed by atoms with van der Waals surface area (Å²) in [4.78, 5) is 39.0. The molecule has 1 aliphatic heterocycles. The number of cyclic esters (lactones) is 1. The van der Waals surface area contributed by atoms with Gasteiger partial charge in [0.05, 0.1) is 35.1 Å². The molecule has 3 aromatic carbocycles. The maximum absolute atomic E-state index is 14.9. The summed E-state index contributed by atoms with van der Waals surface area (Å²) in [6.07, 6.45) is -0.967. The number of benzene rings is 2.